The topological polar surface area (TPSA) is 68.2 Å². The van der Waals surface area contributed by atoms with Crippen molar-refractivity contribution in [2.75, 3.05) is 11.9 Å². The SMILES string of the molecule is CN1c2ccc3ccccc3c2SC1c1ccc(-c2nc(-c3cccc4c3oc3ccccc34)nc(-c3cccc4oc5ccccc5c34)n2)cc1. The van der Waals surface area contributed by atoms with E-state index in [4.69, 9.17) is 23.8 Å². The standard InChI is InChI=1S/C45H28N4O2S/c1-49-35-25-24-26-10-2-3-11-29(26)41(35)52-45(49)28-22-20-27(21-23-28)42-46-43(33-15-9-19-38-39(33)32-13-5-7-18-37(32)50-38)48-44(47-42)34-16-8-14-31-30-12-4-6-17-36(30)51-40(31)34/h2-25,45H,1H3. The van der Waals surface area contributed by atoms with Gasteiger partial charge in [-0.2, -0.15) is 0 Å². The monoisotopic (exact) mass is 688 g/mol. The zero-order chi connectivity index (χ0) is 34.3. The maximum atomic E-state index is 6.46. The summed E-state index contributed by atoms with van der Waals surface area (Å²) in [4.78, 5) is 19.1. The molecule has 7 aromatic carbocycles. The van der Waals surface area contributed by atoms with Crippen molar-refractivity contribution in [1.82, 2.24) is 15.0 Å². The van der Waals surface area contributed by atoms with E-state index in [1.807, 2.05) is 72.4 Å². The average molecular weight is 689 g/mol. The van der Waals surface area contributed by atoms with E-state index in [0.29, 0.717) is 17.5 Å². The molecule has 0 N–H and O–H groups in total. The van der Waals surface area contributed by atoms with Crippen LogP contribution in [0.25, 0.3) is 88.8 Å². The quantitative estimate of drug-likeness (QED) is 0.182. The molecule has 0 saturated heterocycles. The Kier molecular flexibility index (Phi) is 6.36. The zero-order valence-electron chi connectivity index (χ0n) is 27.9. The van der Waals surface area contributed by atoms with Crippen molar-refractivity contribution in [3.05, 3.63) is 151 Å². The molecule has 0 spiro atoms. The summed E-state index contributed by atoms with van der Waals surface area (Å²) < 4.78 is 12.7. The normalized spacial score (nSPS) is 14.3. The summed E-state index contributed by atoms with van der Waals surface area (Å²) in [5.74, 6) is 1.71. The van der Waals surface area contributed by atoms with Gasteiger partial charge in [0.05, 0.1) is 11.3 Å². The van der Waals surface area contributed by atoms with Crippen LogP contribution in [0.5, 0.6) is 0 Å². The van der Waals surface area contributed by atoms with Gasteiger partial charge in [0.1, 0.15) is 27.7 Å². The Morgan fingerprint density at radius 2 is 1.15 bits per heavy atom. The lowest BCUT2D eigenvalue weighted by Crippen LogP contribution is -2.16. The maximum Gasteiger partial charge on any atom is 0.167 e. The molecule has 0 radical (unpaired) electrons. The molecule has 10 aromatic rings. The molecule has 4 heterocycles. The molecular weight excluding hydrogens is 661 g/mol. The van der Waals surface area contributed by atoms with Gasteiger partial charge in [-0.3, -0.25) is 0 Å². The third-order valence-corrected chi connectivity index (χ3v) is 11.7. The van der Waals surface area contributed by atoms with Crippen LogP contribution in [0.4, 0.5) is 5.69 Å². The second kappa shape index (κ2) is 11.3. The summed E-state index contributed by atoms with van der Waals surface area (Å²) in [6, 6.07) is 50.1. The lowest BCUT2D eigenvalue weighted by molar-refractivity contribution is 0.668. The van der Waals surface area contributed by atoms with Gasteiger partial charge < -0.3 is 13.7 Å². The van der Waals surface area contributed by atoms with Crippen LogP contribution in [0.2, 0.25) is 0 Å². The number of rotatable bonds is 4. The zero-order valence-corrected chi connectivity index (χ0v) is 28.8. The van der Waals surface area contributed by atoms with E-state index in [0.717, 1.165) is 60.6 Å². The van der Waals surface area contributed by atoms with Crippen LogP contribution in [0.3, 0.4) is 0 Å². The van der Waals surface area contributed by atoms with Crippen LogP contribution < -0.4 is 4.90 Å². The highest BCUT2D eigenvalue weighted by Gasteiger charge is 2.30. The summed E-state index contributed by atoms with van der Waals surface area (Å²) in [5.41, 5.74) is 8.27. The highest BCUT2D eigenvalue weighted by Crippen LogP contribution is 2.53. The van der Waals surface area contributed by atoms with E-state index < -0.39 is 0 Å². The Morgan fingerprint density at radius 1 is 0.519 bits per heavy atom. The third kappa shape index (κ3) is 4.42. The molecule has 1 aliphatic rings. The number of anilines is 1. The summed E-state index contributed by atoms with van der Waals surface area (Å²) in [5, 5.41) is 6.79. The molecule has 0 bridgehead atoms. The average Bonchev–Trinajstić information content (AvgIpc) is 3.89. The second-order valence-corrected chi connectivity index (χ2v) is 14.3. The van der Waals surface area contributed by atoms with E-state index in [1.165, 1.54) is 26.9 Å². The van der Waals surface area contributed by atoms with Crippen molar-refractivity contribution in [3.8, 4) is 34.2 Å². The third-order valence-electron chi connectivity index (χ3n) is 10.2. The van der Waals surface area contributed by atoms with Crippen LogP contribution in [0.15, 0.2) is 159 Å². The molecule has 1 unspecified atom stereocenters. The molecular formula is C45H28N4O2S. The van der Waals surface area contributed by atoms with E-state index in [1.54, 1.807) is 0 Å². The van der Waals surface area contributed by atoms with Crippen molar-refractivity contribution in [2.45, 2.75) is 10.3 Å². The molecule has 0 amide bonds. The van der Waals surface area contributed by atoms with Gasteiger partial charge in [-0.25, -0.2) is 15.0 Å². The predicted molar refractivity (Wildman–Crippen MR) is 212 cm³/mol. The van der Waals surface area contributed by atoms with E-state index in [9.17, 15) is 0 Å². The Labute approximate surface area is 302 Å². The lowest BCUT2D eigenvalue weighted by Gasteiger charge is -2.22. The molecule has 0 fully saturated rings. The maximum absolute atomic E-state index is 6.46. The van der Waals surface area contributed by atoms with E-state index in [-0.39, 0.29) is 5.37 Å². The Morgan fingerprint density at radius 3 is 2.00 bits per heavy atom. The van der Waals surface area contributed by atoms with Gasteiger partial charge in [0.25, 0.3) is 0 Å². The molecule has 6 nitrogen and oxygen atoms in total. The fourth-order valence-corrected chi connectivity index (χ4v) is 9.10. The van der Waals surface area contributed by atoms with Crippen LogP contribution in [0, 0.1) is 0 Å². The molecule has 0 aliphatic carbocycles. The molecule has 3 aromatic heterocycles. The van der Waals surface area contributed by atoms with Gasteiger partial charge in [0.15, 0.2) is 17.5 Å². The molecule has 0 saturated carbocycles. The van der Waals surface area contributed by atoms with Crippen molar-refractivity contribution in [2.24, 2.45) is 0 Å². The highest BCUT2D eigenvalue weighted by molar-refractivity contribution is 8.00. The molecule has 246 valence electrons. The van der Waals surface area contributed by atoms with Crippen molar-refractivity contribution in [3.63, 3.8) is 0 Å². The number of benzene rings is 7. The summed E-state index contributed by atoms with van der Waals surface area (Å²) in [6.45, 7) is 0. The first-order chi connectivity index (χ1) is 25.7. The van der Waals surface area contributed by atoms with Crippen molar-refractivity contribution >= 4 is 72.1 Å². The minimum absolute atomic E-state index is 0.150. The Balaban J connectivity index is 1.07. The molecule has 52 heavy (non-hydrogen) atoms. The van der Waals surface area contributed by atoms with E-state index in [2.05, 4.69) is 96.9 Å². The van der Waals surface area contributed by atoms with Crippen LogP contribution >= 0.6 is 11.8 Å². The van der Waals surface area contributed by atoms with Gasteiger partial charge in [-0.1, -0.05) is 127 Å². The second-order valence-electron chi connectivity index (χ2n) is 13.2. The van der Waals surface area contributed by atoms with E-state index >= 15 is 0 Å². The van der Waals surface area contributed by atoms with Crippen LogP contribution in [-0.2, 0) is 0 Å². The molecule has 7 heteroatoms. The fourth-order valence-electron chi connectivity index (χ4n) is 7.67. The predicted octanol–water partition coefficient (Wildman–Crippen LogP) is 12.1. The summed E-state index contributed by atoms with van der Waals surface area (Å²) >= 11 is 1.90. The molecule has 1 atom stereocenters. The molecule has 11 rings (SSSR count). The Hall–Kier alpha value is -6.44. The molecule has 1 aliphatic heterocycles. The van der Waals surface area contributed by atoms with Crippen molar-refractivity contribution < 1.29 is 8.83 Å². The minimum Gasteiger partial charge on any atom is -0.456 e. The van der Waals surface area contributed by atoms with Crippen LogP contribution in [0.1, 0.15) is 10.9 Å². The largest absolute Gasteiger partial charge is 0.456 e. The lowest BCUT2D eigenvalue weighted by atomic mass is 10.0. The number of furan rings is 2. The minimum atomic E-state index is 0.150. The first-order valence-corrected chi connectivity index (χ1v) is 18.1. The van der Waals surface area contributed by atoms with Gasteiger partial charge in [-0.15, -0.1) is 0 Å². The van der Waals surface area contributed by atoms with Gasteiger partial charge in [0, 0.05) is 44.6 Å². The number of nitrogens with zero attached hydrogens (tertiary/aromatic N) is 4. The number of hydrogen-bond donors (Lipinski definition) is 0. The van der Waals surface area contributed by atoms with Crippen molar-refractivity contribution in [1.29, 1.82) is 0 Å². The summed E-state index contributed by atoms with van der Waals surface area (Å²) in [7, 11) is 2.18. The first kappa shape index (κ1) is 29.3. The number of fused-ring (bicyclic) bond motifs is 9. The number of thioether (sulfide) groups is 1. The number of para-hydroxylation sites is 3. The van der Waals surface area contributed by atoms with Crippen LogP contribution in [-0.4, -0.2) is 22.0 Å². The number of hydrogen-bond acceptors (Lipinski definition) is 7. The van der Waals surface area contributed by atoms with Gasteiger partial charge in [-0.05, 0) is 46.7 Å². The number of aromatic nitrogens is 3. The first-order valence-electron chi connectivity index (χ1n) is 17.3. The van der Waals surface area contributed by atoms with Gasteiger partial charge >= 0.3 is 0 Å². The highest BCUT2D eigenvalue weighted by atomic mass is 32.2. The van der Waals surface area contributed by atoms with Gasteiger partial charge in [0.2, 0.25) is 0 Å². The Bertz CT molecular complexity index is 3040. The summed E-state index contributed by atoms with van der Waals surface area (Å²) in [6.07, 6.45) is 0. The fraction of sp³-hybridized carbons (Fsp3) is 0.0444. The smallest absolute Gasteiger partial charge is 0.167 e.